The average molecular weight is 310 g/mol. The fourth-order valence-electron chi connectivity index (χ4n) is 2.05. The highest BCUT2D eigenvalue weighted by Crippen LogP contribution is 2.27. The first-order valence-corrected chi connectivity index (χ1v) is 7.77. The van der Waals surface area contributed by atoms with E-state index in [4.69, 9.17) is 11.6 Å². The lowest BCUT2D eigenvalue weighted by Crippen LogP contribution is -2.19. The molecule has 4 heteroatoms. The second-order valence-corrected chi connectivity index (χ2v) is 6.20. The molecule has 2 aromatic rings. The van der Waals surface area contributed by atoms with Crippen molar-refractivity contribution in [1.82, 2.24) is 5.32 Å². The molecule has 0 radical (unpaired) electrons. The summed E-state index contributed by atoms with van der Waals surface area (Å²) < 4.78 is 13.5. The summed E-state index contributed by atoms with van der Waals surface area (Å²) in [5.41, 5.74) is 1.91. The monoisotopic (exact) mass is 309 g/mol. The van der Waals surface area contributed by atoms with Crippen molar-refractivity contribution in [2.75, 3.05) is 12.8 Å². The van der Waals surface area contributed by atoms with E-state index in [1.807, 2.05) is 44.3 Å². The van der Waals surface area contributed by atoms with Crippen LogP contribution in [0.25, 0.3) is 0 Å². The van der Waals surface area contributed by atoms with Gasteiger partial charge in [0.1, 0.15) is 5.82 Å². The molecule has 1 unspecified atom stereocenters. The van der Waals surface area contributed by atoms with E-state index in [0.29, 0.717) is 0 Å². The van der Waals surface area contributed by atoms with Crippen molar-refractivity contribution in [3.63, 3.8) is 0 Å². The maximum Gasteiger partial charge on any atom is 0.123 e. The quantitative estimate of drug-likeness (QED) is 0.793. The van der Waals surface area contributed by atoms with E-state index in [1.165, 1.54) is 0 Å². The Bertz CT molecular complexity index is 568. The fourth-order valence-corrected chi connectivity index (χ4v) is 3.41. The standard InChI is InChI=1S/C16H17ClFNS/c1-11-6-12(8-14(18)7-11)16(19-2)10-20-15-5-3-4-13(17)9-15/h3-9,16,19H,10H2,1-2H3. The molecular formula is C16H17ClFNS. The van der Waals surface area contributed by atoms with Crippen molar-refractivity contribution < 1.29 is 4.39 Å². The minimum Gasteiger partial charge on any atom is -0.312 e. The van der Waals surface area contributed by atoms with Gasteiger partial charge in [0.2, 0.25) is 0 Å². The van der Waals surface area contributed by atoms with Gasteiger partial charge in [-0.1, -0.05) is 23.7 Å². The van der Waals surface area contributed by atoms with Crippen LogP contribution in [0.3, 0.4) is 0 Å². The van der Waals surface area contributed by atoms with Gasteiger partial charge in [0.25, 0.3) is 0 Å². The number of halogens is 2. The molecule has 0 aliphatic carbocycles. The van der Waals surface area contributed by atoms with Crippen molar-refractivity contribution in [3.8, 4) is 0 Å². The zero-order valence-electron chi connectivity index (χ0n) is 11.5. The molecule has 0 aliphatic rings. The molecule has 2 rings (SSSR count). The number of aryl methyl sites for hydroxylation is 1. The van der Waals surface area contributed by atoms with Crippen LogP contribution in [0.1, 0.15) is 17.2 Å². The van der Waals surface area contributed by atoms with E-state index in [-0.39, 0.29) is 11.9 Å². The lowest BCUT2D eigenvalue weighted by Gasteiger charge is -2.17. The predicted molar refractivity (Wildman–Crippen MR) is 85.1 cm³/mol. The Morgan fingerprint density at radius 3 is 2.70 bits per heavy atom. The molecule has 0 fully saturated rings. The van der Waals surface area contributed by atoms with Crippen molar-refractivity contribution in [2.24, 2.45) is 0 Å². The molecule has 0 aromatic heterocycles. The van der Waals surface area contributed by atoms with Gasteiger partial charge in [-0.25, -0.2) is 4.39 Å². The summed E-state index contributed by atoms with van der Waals surface area (Å²) in [7, 11) is 1.89. The summed E-state index contributed by atoms with van der Waals surface area (Å²) in [4.78, 5) is 1.12. The topological polar surface area (TPSA) is 12.0 Å². The first-order valence-electron chi connectivity index (χ1n) is 6.41. The van der Waals surface area contributed by atoms with Crippen LogP contribution in [0.15, 0.2) is 47.4 Å². The summed E-state index contributed by atoms with van der Waals surface area (Å²) in [5.74, 6) is 0.632. The van der Waals surface area contributed by atoms with Crippen LogP contribution >= 0.6 is 23.4 Å². The van der Waals surface area contributed by atoms with E-state index in [9.17, 15) is 4.39 Å². The van der Waals surface area contributed by atoms with Gasteiger partial charge < -0.3 is 5.32 Å². The third kappa shape index (κ3) is 4.23. The second-order valence-electron chi connectivity index (χ2n) is 4.67. The molecule has 0 amide bonds. The van der Waals surface area contributed by atoms with E-state index < -0.39 is 0 Å². The summed E-state index contributed by atoms with van der Waals surface area (Å²) >= 11 is 7.68. The molecule has 1 atom stereocenters. The molecule has 0 aliphatic heterocycles. The van der Waals surface area contributed by atoms with Gasteiger partial charge in [-0.15, -0.1) is 11.8 Å². The highest BCUT2D eigenvalue weighted by Gasteiger charge is 2.11. The van der Waals surface area contributed by atoms with Crippen LogP contribution < -0.4 is 5.32 Å². The van der Waals surface area contributed by atoms with Gasteiger partial charge in [0.15, 0.2) is 0 Å². The Hall–Kier alpha value is -1.03. The molecule has 2 aromatic carbocycles. The first kappa shape index (κ1) is 15.4. The molecular weight excluding hydrogens is 293 g/mol. The second kappa shape index (κ2) is 7.11. The molecule has 0 saturated heterocycles. The minimum absolute atomic E-state index is 0.105. The highest BCUT2D eigenvalue weighted by atomic mass is 35.5. The molecule has 0 heterocycles. The van der Waals surface area contributed by atoms with Gasteiger partial charge in [-0.2, -0.15) is 0 Å². The van der Waals surface area contributed by atoms with Crippen LogP contribution in [-0.4, -0.2) is 12.8 Å². The van der Waals surface area contributed by atoms with Gasteiger partial charge in [0.05, 0.1) is 0 Å². The zero-order valence-corrected chi connectivity index (χ0v) is 13.1. The van der Waals surface area contributed by atoms with Crippen molar-refractivity contribution in [2.45, 2.75) is 17.9 Å². The smallest absolute Gasteiger partial charge is 0.123 e. The summed E-state index contributed by atoms with van der Waals surface area (Å²) in [6.07, 6.45) is 0. The Kier molecular flexibility index (Phi) is 5.46. The summed E-state index contributed by atoms with van der Waals surface area (Å²) in [6.45, 7) is 1.91. The largest absolute Gasteiger partial charge is 0.312 e. The molecule has 1 N–H and O–H groups in total. The first-order chi connectivity index (χ1) is 9.58. The van der Waals surface area contributed by atoms with Gasteiger partial charge in [-0.05, 0) is 55.4 Å². The van der Waals surface area contributed by atoms with Crippen LogP contribution in [-0.2, 0) is 0 Å². The van der Waals surface area contributed by atoms with E-state index in [1.54, 1.807) is 23.9 Å². The minimum atomic E-state index is -0.187. The SMILES string of the molecule is CNC(CSc1cccc(Cl)c1)c1cc(C)cc(F)c1. The Morgan fingerprint density at radius 1 is 1.25 bits per heavy atom. The molecule has 0 saturated carbocycles. The maximum absolute atomic E-state index is 13.5. The Morgan fingerprint density at radius 2 is 2.05 bits per heavy atom. The number of rotatable bonds is 5. The third-order valence-electron chi connectivity index (χ3n) is 3.03. The van der Waals surface area contributed by atoms with Gasteiger partial charge >= 0.3 is 0 Å². The van der Waals surface area contributed by atoms with Crippen LogP contribution in [0.4, 0.5) is 4.39 Å². The number of thioether (sulfide) groups is 1. The lowest BCUT2D eigenvalue weighted by atomic mass is 10.1. The highest BCUT2D eigenvalue weighted by molar-refractivity contribution is 7.99. The van der Waals surface area contributed by atoms with E-state index in [2.05, 4.69) is 5.32 Å². The fraction of sp³-hybridized carbons (Fsp3) is 0.250. The molecule has 0 spiro atoms. The molecule has 1 nitrogen and oxygen atoms in total. The Labute approximate surface area is 128 Å². The van der Waals surface area contributed by atoms with Crippen LogP contribution in [0, 0.1) is 12.7 Å². The lowest BCUT2D eigenvalue weighted by molar-refractivity contribution is 0.609. The molecule has 0 bridgehead atoms. The third-order valence-corrected chi connectivity index (χ3v) is 4.35. The summed E-state index contributed by atoms with van der Waals surface area (Å²) in [6, 6.07) is 13.0. The number of hydrogen-bond donors (Lipinski definition) is 1. The molecule has 20 heavy (non-hydrogen) atoms. The summed E-state index contributed by atoms with van der Waals surface area (Å²) in [5, 5.41) is 3.97. The normalized spacial score (nSPS) is 12.4. The number of nitrogens with one attached hydrogen (secondary N) is 1. The van der Waals surface area contributed by atoms with Gasteiger partial charge in [-0.3, -0.25) is 0 Å². The Balaban J connectivity index is 2.09. The number of benzene rings is 2. The van der Waals surface area contributed by atoms with E-state index in [0.717, 1.165) is 26.8 Å². The van der Waals surface area contributed by atoms with Gasteiger partial charge in [0, 0.05) is 21.7 Å². The predicted octanol–water partition coefficient (Wildman–Crippen LogP) is 4.84. The van der Waals surface area contributed by atoms with Crippen molar-refractivity contribution in [1.29, 1.82) is 0 Å². The zero-order chi connectivity index (χ0) is 14.5. The average Bonchev–Trinajstić information content (AvgIpc) is 2.38. The number of hydrogen-bond acceptors (Lipinski definition) is 2. The van der Waals surface area contributed by atoms with Crippen LogP contribution in [0.2, 0.25) is 5.02 Å². The maximum atomic E-state index is 13.5. The van der Waals surface area contributed by atoms with Crippen molar-refractivity contribution in [3.05, 3.63) is 64.4 Å². The van der Waals surface area contributed by atoms with Crippen LogP contribution in [0.5, 0.6) is 0 Å². The van der Waals surface area contributed by atoms with E-state index >= 15 is 0 Å². The molecule has 106 valence electrons. The van der Waals surface area contributed by atoms with Crippen molar-refractivity contribution >= 4 is 23.4 Å².